The molecule has 6 nitrogen and oxygen atoms in total. The average molecular weight is 274 g/mol. The lowest BCUT2D eigenvalue weighted by atomic mass is 10.0. The molecule has 1 atom stereocenters. The van der Waals surface area contributed by atoms with E-state index >= 15 is 0 Å². The Morgan fingerprint density at radius 2 is 2.20 bits per heavy atom. The monoisotopic (exact) mass is 274 g/mol. The van der Waals surface area contributed by atoms with E-state index in [0.717, 1.165) is 11.1 Å². The number of carbonyl (C=O) groups is 1. The molecule has 1 aromatic carbocycles. The summed E-state index contributed by atoms with van der Waals surface area (Å²) in [5.74, 6) is -0.256. The van der Waals surface area contributed by atoms with Gasteiger partial charge in [0.15, 0.2) is 5.69 Å². The first-order chi connectivity index (χ1) is 9.61. The number of rotatable bonds is 5. The molecule has 0 unspecified atom stereocenters. The summed E-state index contributed by atoms with van der Waals surface area (Å²) in [4.78, 5) is 11.9. The summed E-state index contributed by atoms with van der Waals surface area (Å²) in [6, 6.07) is 7.95. The van der Waals surface area contributed by atoms with Crippen molar-refractivity contribution in [1.29, 1.82) is 0 Å². The van der Waals surface area contributed by atoms with Gasteiger partial charge in [0.2, 0.25) is 0 Å². The molecule has 1 N–H and O–H groups in total. The smallest absolute Gasteiger partial charge is 0.273 e. The molecule has 2 aromatic rings. The number of hydrogen-bond acceptors (Lipinski definition) is 4. The number of nitrogens with zero attached hydrogens (tertiary/aromatic N) is 3. The van der Waals surface area contributed by atoms with E-state index in [-0.39, 0.29) is 12.0 Å². The first-order valence-corrected chi connectivity index (χ1v) is 6.34. The Kier molecular flexibility index (Phi) is 4.47. The lowest BCUT2D eigenvalue weighted by Crippen LogP contribution is -2.29. The van der Waals surface area contributed by atoms with E-state index in [1.54, 1.807) is 20.4 Å². The van der Waals surface area contributed by atoms with Crippen molar-refractivity contribution in [1.82, 2.24) is 20.3 Å². The molecule has 1 aromatic heterocycles. The van der Waals surface area contributed by atoms with E-state index in [1.165, 1.54) is 4.68 Å². The fraction of sp³-hybridized carbons (Fsp3) is 0.357. The van der Waals surface area contributed by atoms with Gasteiger partial charge in [-0.25, -0.2) is 0 Å². The van der Waals surface area contributed by atoms with Crippen LogP contribution < -0.4 is 5.32 Å². The van der Waals surface area contributed by atoms with Crippen LogP contribution in [0.25, 0.3) is 0 Å². The molecule has 20 heavy (non-hydrogen) atoms. The van der Waals surface area contributed by atoms with Gasteiger partial charge in [0.1, 0.15) is 0 Å². The summed E-state index contributed by atoms with van der Waals surface area (Å²) in [5, 5.41) is 10.3. The number of nitrogens with one attached hydrogen (secondary N) is 1. The van der Waals surface area contributed by atoms with Gasteiger partial charge in [0.05, 0.1) is 12.3 Å². The maximum atomic E-state index is 11.9. The fourth-order valence-electron chi connectivity index (χ4n) is 2.00. The molecule has 0 radical (unpaired) electrons. The Morgan fingerprint density at radius 3 is 2.80 bits per heavy atom. The Balaban J connectivity index is 2.01. The van der Waals surface area contributed by atoms with Crippen molar-refractivity contribution < 1.29 is 9.53 Å². The van der Waals surface area contributed by atoms with E-state index in [2.05, 4.69) is 15.6 Å². The van der Waals surface area contributed by atoms with Crippen LogP contribution in [0.4, 0.5) is 0 Å². The minimum Gasteiger partial charge on any atom is -0.375 e. The second-order valence-electron chi connectivity index (χ2n) is 4.57. The van der Waals surface area contributed by atoms with Gasteiger partial charge in [-0.15, -0.1) is 5.10 Å². The van der Waals surface area contributed by atoms with Crippen LogP contribution >= 0.6 is 0 Å². The van der Waals surface area contributed by atoms with Crippen molar-refractivity contribution in [3.63, 3.8) is 0 Å². The maximum absolute atomic E-state index is 11.9. The highest BCUT2D eigenvalue weighted by Gasteiger charge is 2.16. The molecule has 0 aliphatic carbocycles. The summed E-state index contributed by atoms with van der Waals surface area (Å²) in [6.07, 6.45) is 1.39. The zero-order valence-electron chi connectivity index (χ0n) is 11.8. The van der Waals surface area contributed by atoms with Crippen molar-refractivity contribution in [2.75, 3.05) is 13.7 Å². The van der Waals surface area contributed by atoms with Gasteiger partial charge in [-0.2, -0.15) is 0 Å². The minimum absolute atomic E-state index is 0.183. The molecule has 0 bridgehead atoms. The minimum atomic E-state index is -0.256. The van der Waals surface area contributed by atoms with Gasteiger partial charge >= 0.3 is 0 Å². The van der Waals surface area contributed by atoms with Crippen LogP contribution in [0.15, 0.2) is 30.5 Å². The Hall–Kier alpha value is -2.21. The van der Waals surface area contributed by atoms with Crippen LogP contribution in [0.3, 0.4) is 0 Å². The highest BCUT2D eigenvalue weighted by molar-refractivity contribution is 5.91. The third kappa shape index (κ3) is 3.21. The molecular weight excluding hydrogens is 256 g/mol. The standard InChI is InChI=1S/C14H18N4O2/c1-10-6-4-5-7-11(10)13(20-3)8-15-14(19)12-9-18(2)17-16-12/h4-7,9,13H,8H2,1-3H3,(H,15,19)/t13-/m1/s1. The second kappa shape index (κ2) is 6.29. The SMILES string of the molecule is CO[C@H](CNC(=O)c1cn(C)nn1)c1ccccc1C. The normalized spacial score (nSPS) is 12.2. The number of ether oxygens (including phenoxy) is 1. The summed E-state index contributed by atoms with van der Waals surface area (Å²) < 4.78 is 6.94. The summed E-state index contributed by atoms with van der Waals surface area (Å²) >= 11 is 0. The van der Waals surface area contributed by atoms with Crippen molar-refractivity contribution in [3.05, 3.63) is 47.3 Å². The predicted molar refractivity (Wildman–Crippen MR) is 74.3 cm³/mol. The van der Waals surface area contributed by atoms with Crippen LogP contribution in [0.1, 0.15) is 27.7 Å². The number of amides is 1. The molecule has 2 rings (SSSR count). The van der Waals surface area contributed by atoms with E-state index < -0.39 is 0 Å². The quantitative estimate of drug-likeness (QED) is 0.890. The van der Waals surface area contributed by atoms with Gasteiger partial charge in [-0.3, -0.25) is 9.48 Å². The molecule has 0 aliphatic heterocycles. The number of methoxy groups -OCH3 is 1. The molecular formula is C14H18N4O2. The van der Waals surface area contributed by atoms with Crippen LogP contribution in [0.2, 0.25) is 0 Å². The number of aryl methyl sites for hydroxylation is 2. The fourth-order valence-corrected chi connectivity index (χ4v) is 2.00. The molecule has 6 heteroatoms. The van der Waals surface area contributed by atoms with E-state index in [0.29, 0.717) is 12.2 Å². The average Bonchev–Trinajstić information content (AvgIpc) is 2.88. The van der Waals surface area contributed by atoms with Crippen LogP contribution in [0.5, 0.6) is 0 Å². The molecule has 106 valence electrons. The number of benzene rings is 1. The zero-order valence-corrected chi connectivity index (χ0v) is 11.8. The van der Waals surface area contributed by atoms with Crippen LogP contribution in [-0.4, -0.2) is 34.6 Å². The third-order valence-corrected chi connectivity index (χ3v) is 3.10. The van der Waals surface area contributed by atoms with Gasteiger partial charge in [-0.05, 0) is 18.1 Å². The van der Waals surface area contributed by atoms with Crippen molar-refractivity contribution in [3.8, 4) is 0 Å². The van der Waals surface area contributed by atoms with E-state index in [1.807, 2.05) is 31.2 Å². The highest BCUT2D eigenvalue weighted by atomic mass is 16.5. The first-order valence-electron chi connectivity index (χ1n) is 6.34. The van der Waals surface area contributed by atoms with Crippen molar-refractivity contribution in [2.45, 2.75) is 13.0 Å². The number of carbonyl (C=O) groups excluding carboxylic acids is 1. The molecule has 0 saturated heterocycles. The van der Waals surface area contributed by atoms with Crippen molar-refractivity contribution in [2.24, 2.45) is 7.05 Å². The van der Waals surface area contributed by atoms with Gasteiger partial charge < -0.3 is 10.1 Å². The molecule has 0 aliphatic rings. The Morgan fingerprint density at radius 1 is 1.45 bits per heavy atom. The Labute approximate surface area is 117 Å². The summed E-state index contributed by atoms with van der Waals surface area (Å²) in [5.41, 5.74) is 2.50. The molecule has 0 fully saturated rings. The molecule has 0 spiro atoms. The van der Waals surface area contributed by atoms with Crippen LogP contribution in [0, 0.1) is 6.92 Å². The van der Waals surface area contributed by atoms with Gasteiger partial charge in [0, 0.05) is 20.7 Å². The largest absolute Gasteiger partial charge is 0.375 e. The lowest BCUT2D eigenvalue weighted by molar-refractivity contribution is 0.0822. The van der Waals surface area contributed by atoms with E-state index in [4.69, 9.17) is 4.74 Å². The first kappa shape index (κ1) is 14.2. The van der Waals surface area contributed by atoms with Crippen molar-refractivity contribution >= 4 is 5.91 Å². The number of hydrogen-bond donors (Lipinski definition) is 1. The summed E-state index contributed by atoms with van der Waals surface area (Å²) in [7, 11) is 3.35. The maximum Gasteiger partial charge on any atom is 0.273 e. The predicted octanol–water partition coefficient (Wildman–Crippen LogP) is 1.24. The molecule has 1 heterocycles. The highest BCUT2D eigenvalue weighted by Crippen LogP contribution is 2.19. The van der Waals surface area contributed by atoms with Gasteiger partial charge in [-0.1, -0.05) is 29.5 Å². The molecule has 0 saturated carbocycles. The zero-order chi connectivity index (χ0) is 14.5. The van der Waals surface area contributed by atoms with Gasteiger partial charge in [0.25, 0.3) is 5.91 Å². The number of aromatic nitrogens is 3. The third-order valence-electron chi connectivity index (χ3n) is 3.10. The van der Waals surface area contributed by atoms with E-state index in [9.17, 15) is 4.79 Å². The topological polar surface area (TPSA) is 69.0 Å². The summed E-state index contributed by atoms with van der Waals surface area (Å²) in [6.45, 7) is 2.41. The molecule has 1 amide bonds. The van der Waals surface area contributed by atoms with Crippen LogP contribution in [-0.2, 0) is 11.8 Å². The lowest BCUT2D eigenvalue weighted by Gasteiger charge is -2.18. The Bertz CT molecular complexity index is 594. The second-order valence-corrected chi connectivity index (χ2v) is 4.57.